The van der Waals surface area contributed by atoms with E-state index in [1.807, 2.05) is 13.8 Å². The van der Waals surface area contributed by atoms with Gasteiger partial charge in [0.15, 0.2) is 0 Å². The van der Waals surface area contributed by atoms with Crippen molar-refractivity contribution in [1.82, 2.24) is 9.88 Å². The van der Waals surface area contributed by atoms with Crippen LogP contribution in [0.5, 0.6) is 0 Å². The lowest BCUT2D eigenvalue weighted by Crippen LogP contribution is -2.35. The highest BCUT2D eigenvalue weighted by atomic mass is 35.5. The van der Waals surface area contributed by atoms with Gasteiger partial charge in [0.25, 0.3) is 0 Å². The zero-order valence-corrected chi connectivity index (χ0v) is 10.8. The van der Waals surface area contributed by atoms with Crippen LogP contribution >= 0.6 is 11.6 Å². The summed E-state index contributed by atoms with van der Waals surface area (Å²) in [6.07, 6.45) is 1.49. The topological polar surface area (TPSA) is 71.2 Å². The summed E-state index contributed by atoms with van der Waals surface area (Å²) in [5.41, 5.74) is 6.15. The van der Waals surface area contributed by atoms with Crippen LogP contribution in [0.15, 0.2) is 12.3 Å². The van der Waals surface area contributed by atoms with E-state index in [2.05, 4.69) is 10.3 Å². The second-order valence-electron chi connectivity index (χ2n) is 3.51. The molecule has 0 atom stereocenters. The first-order valence-electron chi connectivity index (χ1n) is 5.51. The van der Waals surface area contributed by atoms with Gasteiger partial charge in [0.2, 0.25) is 5.91 Å². The standard InChI is InChI=1S/C11H17ClN4O/c1-3-16(4-2)10(17)7-15-11-9(13)5-8(12)6-14-11/h5-6H,3-4,7,13H2,1-2H3,(H,14,15). The molecular weight excluding hydrogens is 240 g/mol. The number of hydrogen-bond acceptors (Lipinski definition) is 4. The minimum Gasteiger partial charge on any atom is -0.396 e. The molecule has 0 bridgehead atoms. The molecule has 6 heteroatoms. The number of nitrogens with zero attached hydrogens (tertiary/aromatic N) is 2. The van der Waals surface area contributed by atoms with Gasteiger partial charge in [-0.05, 0) is 19.9 Å². The van der Waals surface area contributed by atoms with Crippen LogP contribution in [0.2, 0.25) is 5.02 Å². The molecule has 0 aliphatic rings. The average Bonchev–Trinajstić information content (AvgIpc) is 2.29. The molecule has 0 fully saturated rings. The molecule has 17 heavy (non-hydrogen) atoms. The van der Waals surface area contributed by atoms with E-state index >= 15 is 0 Å². The van der Waals surface area contributed by atoms with Crippen LogP contribution in [0.4, 0.5) is 11.5 Å². The highest BCUT2D eigenvalue weighted by Gasteiger charge is 2.10. The van der Waals surface area contributed by atoms with Crippen molar-refractivity contribution in [2.24, 2.45) is 0 Å². The molecule has 0 aromatic carbocycles. The Kier molecular flexibility index (Phi) is 5.03. The monoisotopic (exact) mass is 256 g/mol. The number of halogens is 1. The van der Waals surface area contributed by atoms with Crippen molar-refractivity contribution in [1.29, 1.82) is 0 Å². The fourth-order valence-corrected chi connectivity index (χ4v) is 1.62. The maximum Gasteiger partial charge on any atom is 0.241 e. The van der Waals surface area contributed by atoms with Crippen molar-refractivity contribution in [3.8, 4) is 0 Å². The highest BCUT2D eigenvalue weighted by Crippen LogP contribution is 2.18. The quantitative estimate of drug-likeness (QED) is 0.839. The molecule has 0 unspecified atom stereocenters. The first kappa shape index (κ1) is 13.6. The Bertz CT molecular complexity index is 393. The minimum absolute atomic E-state index is 0.0196. The Morgan fingerprint density at radius 3 is 2.71 bits per heavy atom. The predicted octanol–water partition coefficient (Wildman–Crippen LogP) is 1.60. The average molecular weight is 257 g/mol. The Balaban J connectivity index is 2.58. The number of anilines is 2. The van der Waals surface area contributed by atoms with E-state index in [1.165, 1.54) is 6.20 Å². The molecule has 94 valence electrons. The first-order valence-corrected chi connectivity index (χ1v) is 5.88. The van der Waals surface area contributed by atoms with Crippen LogP contribution in [0, 0.1) is 0 Å². The van der Waals surface area contributed by atoms with Crippen LogP contribution in [-0.2, 0) is 4.79 Å². The van der Waals surface area contributed by atoms with E-state index in [9.17, 15) is 4.79 Å². The minimum atomic E-state index is 0.0196. The molecule has 0 aliphatic carbocycles. The number of likely N-dealkylation sites (N-methyl/N-ethyl adjacent to an activating group) is 1. The van der Waals surface area contributed by atoms with Gasteiger partial charge in [0.1, 0.15) is 5.82 Å². The van der Waals surface area contributed by atoms with Gasteiger partial charge in [-0.3, -0.25) is 4.79 Å². The fraction of sp³-hybridized carbons (Fsp3) is 0.455. The predicted molar refractivity (Wildman–Crippen MR) is 70.1 cm³/mol. The number of hydrogen-bond donors (Lipinski definition) is 2. The van der Waals surface area contributed by atoms with Gasteiger partial charge in [-0.25, -0.2) is 4.98 Å². The number of pyridine rings is 1. The second-order valence-corrected chi connectivity index (χ2v) is 3.95. The van der Waals surface area contributed by atoms with Crippen molar-refractivity contribution >= 4 is 29.0 Å². The van der Waals surface area contributed by atoms with E-state index in [4.69, 9.17) is 17.3 Å². The molecule has 0 saturated carbocycles. The summed E-state index contributed by atoms with van der Waals surface area (Å²) in [7, 11) is 0. The summed E-state index contributed by atoms with van der Waals surface area (Å²) in [6, 6.07) is 1.60. The lowest BCUT2D eigenvalue weighted by atomic mass is 10.4. The second kappa shape index (κ2) is 6.30. The summed E-state index contributed by atoms with van der Waals surface area (Å²) in [6.45, 7) is 5.45. The summed E-state index contributed by atoms with van der Waals surface area (Å²) in [5.74, 6) is 0.501. The third-order valence-electron chi connectivity index (χ3n) is 2.41. The van der Waals surface area contributed by atoms with Crippen LogP contribution in [-0.4, -0.2) is 35.4 Å². The molecule has 0 spiro atoms. The van der Waals surface area contributed by atoms with Crippen molar-refractivity contribution < 1.29 is 4.79 Å². The Hall–Kier alpha value is -1.49. The molecule has 1 aromatic rings. The maximum absolute atomic E-state index is 11.7. The van der Waals surface area contributed by atoms with Crippen molar-refractivity contribution in [2.75, 3.05) is 30.7 Å². The number of carbonyl (C=O) groups is 1. The summed E-state index contributed by atoms with van der Waals surface area (Å²) in [5, 5.41) is 3.38. The van der Waals surface area contributed by atoms with E-state index < -0.39 is 0 Å². The number of nitrogen functional groups attached to an aromatic ring is 1. The van der Waals surface area contributed by atoms with Crippen LogP contribution in [0.3, 0.4) is 0 Å². The maximum atomic E-state index is 11.7. The molecular formula is C11H17ClN4O. The Morgan fingerprint density at radius 2 is 2.18 bits per heavy atom. The molecule has 1 rings (SSSR count). The van der Waals surface area contributed by atoms with Gasteiger partial charge >= 0.3 is 0 Å². The summed E-state index contributed by atoms with van der Waals surface area (Å²) < 4.78 is 0. The van der Waals surface area contributed by atoms with Crippen molar-refractivity contribution in [3.63, 3.8) is 0 Å². The van der Waals surface area contributed by atoms with E-state index in [0.29, 0.717) is 29.6 Å². The smallest absolute Gasteiger partial charge is 0.241 e. The molecule has 0 saturated heterocycles. The number of nitrogens with one attached hydrogen (secondary N) is 1. The van der Waals surface area contributed by atoms with Crippen LogP contribution in [0.25, 0.3) is 0 Å². The molecule has 1 heterocycles. The third kappa shape index (κ3) is 3.78. The first-order chi connectivity index (χ1) is 8.08. The fourth-order valence-electron chi connectivity index (χ4n) is 1.45. The molecule has 0 aliphatic heterocycles. The molecule has 0 radical (unpaired) electrons. The zero-order valence-electron chi connectivity index (χ0n) is 10.0. The van der Waals surface area contributed by atoms with Crippen molar-refractivity contribution in [3.05, 3.63) is 17.3 Å². The Morgan fingerprint density at radius 1 is 1.53 bits per heavy atom. The highest BCUT2D eigenvalue weighted by molar-refractivity contribution is 6.30. The molecule has 5 nitrogen and oxygen atoms in total. The molecule has 3 N–H and O–H groups in total. The van der Waals surface area contributed by atoms with Crippen LogP contribution < -0.4 is 11.1 Å². The SMILES string of the molecule is CCN(CC)C(=O)CNc1ncc(Cl)cc1N. The van der Waals surface area contributed by atoms with Crippen molar-refractivity contribution in [2.45, 2.75) is 13.8 Å². The van der Waals surface area contributed by atoms with Gasteiger partial charge in [0, 0.05) is 19.3 Å². The van der Waals surface area contributed by atoms with E-state index in [0.717, 1.165) is 0 Å². The van der Waals surface area contributed by atoms with E-state index in [1.54, 1.807) is 11.0 Å². The molecule has 1 aromatic heterocycles. The zero-order chi connectivity index (χ0) is 12.8. The van der Waals surface area contributed by atoms with Gasteiger partial charge in [-0.15, -0.1) is 0 Å². The van der Waals surface area contributed by atoms with Gasteiger partial charge in [-0.2, -0.15) is 0 Å². The molecule has 1 amide bonds. The van der Waals surface area contributed by atoms with Crippen LogP contribution in [0.1, 0.15) is 13.8 Å². The largest absolute Gasteiger partial charge is 0.396 e. The third-order valence-corrected chi connectivity index (χ3v) is 2.61. The number of carbonyl (C=O) groups excluding carboxylic acids is 1. The van der Waals surface area contributed by atoms with Gasteiger partial charge < -0.3 is 16.0 Å². The van der Waals surface area contributed by atoms with E-state index in [-0.39, 0.29) is 12.5 Å². The lowest BCUT2D eigenvalue weighted by molar-refractivity contribution is -0.128. The summed E-state index contributed by atoms with van der Waals surface area (Å²) in [4.78, 5) is 17.5. The lowest BCUT2D eigenvalue weighted by Gasteiger charge is -2.19. The van der Waals surface area contributed by atoms with Gasteiger partial charge in [0.05, 0.1) is 17.3 Å². The summed E-state index contributed by atoms with van der Waals surface area (Å²) >= 11 is 5.73. The normalized spacial score (nSPS) is 10.1. The number of amides is 1. The number of aromatic nitrogens is 1. The Labute approximate surface area is 106 Å². The van der Waals surface area contributed by atoms with Gasteiger partial charge in [-0.1, -0.05) is 11.6 Å². The number of rotatable bonds is 5. The number of nitrogens with two attached hydrogens (primary N) is 1.